The van der Waals surface area contributed by atoms with Crippen LogP contribution in [-0.4, -0.2) is 45.1 Å². The Morgan fingerprint density at radius 1 is 1.03 bits per heavy atom. The smallest absolute Gasteiger partial charge is 0.243 e. The Bertz CT molecular complexity index is 952. The molecular weight excluding hydrogens is 398 g/mol. The first-order valence-electron chi connectivity index (χ1n) is 10.4. The molecule has 0 heterocycles. The molecule has 2 N–H and O–H groups in total. The van der Waals surface area contributed by atoms with Gasteiger partial charge in [-0.3, -0.25) is 9.69 Å². The van der Waals surface area contributed by atoms with Crippen molar-refractivity contribution in [2.24, 2.45) is 0 Å². The van der Waals surface area contributed by atoms with Crippen LogP contribution in [0.25, 0.3) is 0 Å². The van der Waals surface area contributed by atoms with Gasteiger partial charge in [0, 0.05) is 30.2 Å². The number of anilines is 2. The van der Waals surface area contributed by atoms with Gasteiger partial charge in [-0.1, -0.05) is 37.5 Å². The van der Waals surface area contributed by atoms with Crippen molar-refractivity contribution in [3.8, 4) is 0 Å². The molecule has 30 heavy (non-hydrogen) atoms. The number of nitrogens with zero attached hydrogens (tertiary/aromatic N) is 1. The molecule has 2 aromatic carbocycles. The number of hydrogen-bond acceptors (Lipinski definition) is 5. The number of para-hydroxylation sites is 1. The number of amides is 1. The van der Waals surface area contributed by atoms with E-state index in [4.69, 9.17) is 0 Å². The SMILES string of the molecule is CN(Cc1ccccc1NCC(=O)Nc1ccc(S(C)(=O)=O)cc1)C1CCCCC1. The molecule has 0 spiro atoms. The molecule has 7 heteroatoms. The third kappa shape index (κ3) is 6.31. The molecule has 1 aliphatic rings. The van der Waals surface area contributed by atoms with Crippen molar-refractivity contribution in [3.05, 3.63) is 54.1 Å². The summed E-state index contributed by atoms with van der Waals surface area (Å²) in [7, 11) is -1.07. The monoisotopic (exact) mass is 429 g/mol. The van der Waals surface area contributed by atoms with Crippen LogP contribution in [0.4, 0.5) is 11.4 Å². The maximum Gasteiger partial charge on any atom is 0.243 e. The van der Waals surface area contributed by atoms with Crippen molar-refractivity contribution in [2.45, 2.75) is 49.6 Å². The van der Waals surface area contributed by atoms with Gasteiger partial charge in [0.1, 0.15) is 0 Å². The number of sulfone groups is 1. The van der Waals surface area contributed by atoms with E-state index in [0.29, 0.717) is 11.7 Å². The molecule has 0 aliphatic heterocycles. The Morgan fingerprint density at radius 2 is 1.70 bits per heavy atom. The van der Waals surface area contributed by atoms with Crippen LogP contribution in [-0.2, 0) is 21.2 Å². The Hall–Kier alpha value is -2.38. The van der Waals surface area contributed by atoms with Gasteiger partial charge in [0.15, 0.2) is 9.84 Å². The van der Waals surface area contributed by atoms with E-state index in [1.807, 2.05) is 18.2 Å². The summed E-state index contributed by atoms with van der Waals surface area (Å²) >= 11 is 0. The lowest BCUT2D eigenvalue weighted by Gasteiger charge is -2.31. The van der Waals surface area contributed by atoms with Crippen LogP contribution >= 0.6 is 0 Å². The highest BCUT2D eigenvalue weighted by molar-refractivity contribution is 7.90. The molecule has 162 valence electrons. The highest BCUT2D eigenvalue weighted by Crippen LogP contribution is 2.25. The average Bonchev–Trinajstić information content (AvgIpc) is 2.73. The number of carbonyl (C=O) groups excluding carboxylic acids is 1. The fraction of sp³-hybridized carbons (Fsp3) is 0.435. The lowest BCUT2D eigenvalue weighted by atomic mass is 9.94. The van der Waals surface area contributed by atoms with Gasteiger partial charge < -0.3 is 10.6 Å². The molecule has 0 radical (unpaired) electrons. The van der Waals surface area contributed by atoms with Gasteiger partial charge in [-0.2, -0.15) is 0 Å². The number of carbonyl (C=O) groups is 1. The maximum absolute atomic E-state index is 12.3. The largest absolute Gasteiger partial charge is 0.376 e. The first-order valence-corrected chi connectivity index (χ1v) is 12.3. The van der Waals surface area contributed by atoms with E-state index in [1.54, 1.807) is 12.1 Å². The van der Waals surface area contributed by atoms with Crippen LogP contribution in [0, 0.1) is 0 Å². The molecule has 0 saturated heterocycles. The van der Waals surface area contributed by atoms with Crippen LogP contribution in [0.5, 0.6) is 0 Å². The minimum absolute atomic E-state index is 0.137. The van der Waals surface area contributed by atoms with Gasteiger partial charge in [-0.05, 0) is 55.8 Å². The topological polar surface area (TPSA) is 78.5 Å². The summed E-state index contributed by atoms with van der Waals surface area (Å²) in [5.41, 5.74) is 2.71. The van der Waals surface area contributed by atoms with Crippen LogP contribution < -0.4 is 10.6 Å². The van der Waals surface area contributed by atoms with Gasteiger partial charge in [0.25, 0.3) is 0 Å². The summed E-state index contributed by atoms with van der Waals surface area (Å²) in [5.74, 6) is -0.183. The lowest BCUT2D eigenvalue weighted by Crippen LogP contribution is -2.33. The molecule has 1 aliphatic carbocycles. The van der Waals surface area contributed by atoms with Gasteiger partial charge in [-0.25, -0.2) is 8.42 Å². The van der Waals surface area contributed by atoms with Crippen molar-refractivity contribution < 1.29 is 13.2 Å². The third-order valence-corrected chi connectivity index (χ3v) is 6.77. The number of rotatable bonds is 8. The summed E-state index contributed by atoms with van der Waals surface area (Å²) < 4.78 is 23.1. The van der Waals surface area contributed by atoms with Crippen molar-refractivity contribution in [1.82, 2.24) is 4.90 Å². The minimum Gasteiger partial charge on any atom is -0.376 e. The molecule has 0 bridgehead atoms. The molecule has 0 aromatic heterocycles. The molecule has 1 amide bonds. The predicted octanol–water partition coefficient (Wildman–Crippen LogP) is 3.91. The summed E-state index contributed by atoms with van der Waals surface area (Å²) in [6, 6.07) is 14.9. The van der Waals surface area contributed by atoms with E-state index < -0.39 is 9.84 Å². The minimum atomic E-state index is -3.25. The first-order chi connectivity index (χ1) is 14.3. The second-order valence-corrected chi connectivity index (χ2v) is 10.1. The van der Waals surface area contributed by atoms with Crippen molar-refractivity contribution in [2.75, 3.05) is 30.5 Å². The van der Waals surface area contributed by atoms with Gasteiger partial charge in [0.05, 0.1) is 11.4 Å². The second kappa shape index (κ2) is 10.1. The lowest BCUT2D eigenvalue weighted by molar-refractivity contribution is -0.114. The normalized spacial score (nSPS) is 15.2. The second-order valence-electron chi connectivity index (χ2n) is 8.06. The molecule has 0 atom stereocenters. The highest BCUT2D eigenvalue weighted by Gasteiger charge is 2.19. The fourth-order valence-corrected chi connectivity index (χ4v) is 4.55. The number of benzene rings is 2. The standard InChI is InChI=1S/C23H31N3O3S/c1-26(20-9-4-3-5-10-20)17-18-8-6-7-11-22(18)24-16-23(27)25-19-12-14-21(15-13-19)30(2,28)29/h6-8,11-15,20,24H,3-5,9-10,16-17H2,1-2H3,(H,25,27). The van der Waals surface area contributed by atoms with Gasteiger partial charge in [0.2, 0.25) is 5.91 Å². The van der Waals surface area contributed by atoms with Crippen LogP contribution in [0.3, 0.4) is 0 Å². The number of hydrogen-bond donors (Lipinski definition) is 2. The van der Waals surface area contributed by atoms with E-state index in [2.05, 4.69) is 28.6 Å². The maximum atomic E-state index is 12.3. The summed E-state index contributed by atoms with van der Waals surface area (Å²) in [4.78, 5) is 15.0. The van der Waals surface area contributed by atoms with E-state index in [-0.39, 0.29) is 17.3 Å². The predicted molar refractivity (Wildman–Crippen MR) is 121 cm³/mol. The fourth-order valence-electron chi connectivity index (χ4n) is 3.92. The molecule has 1 saturated carbocycles. The van der Waals surface area contributed by atoms with E-state index in [1.165, 1.54) is 49.8 Å². The Kier molecular flexibility index (Phi) is 7.50. The Balaban J connectivity index is 1.55. The first kappa shape index (κ1) is 22.3. The molecule has 0 unspecified atom stereocenters. The van der Waals surface area contributed by atoms with Gasteiger partial charge in [-0.15, -0.1) is 0 Å². The Morgan fingerprint density at radius 3 is 2.37 bits per heavy atom. The Labute approximate surface area is 179 Å². The quantitative estimate of drug-likeness (QED) is 0.665. The van der Waals surface area contributed by atoms with Crippen LogP contribution in [0.15, 0.2) is 53.4 Å². The van der Waals surface area contributed by atoms with E-state index >= 15 is 0 Å². The molecular formula is C23H31N3O3S. The highest BCUT2D eigenvalue weighted by atomic mass is 32.2. The molecule has 3 rings (SSSR count). The van der Waals surface area contributed by atoms with Crippen molar-refractivity contribution in [3.63, 3.8) is 0 Å². The van der Waals surface area contributed by atoms with Crippen LogP contribution in [0.1, 0.15) is 37.7 Å². The zero-order valence-electron chi connectivity index (χ0n) is 17.7. The van der Waals surface area contributed by atoms with Crippen molar-refractivity contribution >= 4 is 27.1 Å². The zero-order valence-corrected chi connectivity index (χ0v) is 18.5. The third-order valence-electron chi connectivity index (χ3n) is 5.64. The van der Waals surface area contributed by atoms with E-state index in [9.17, 15) is 13.2 Å². The summed E-state index contributed by atoms with van der Waals surface area (Å²) in [5, 5.41) is 6.04. The molecule has 6 nitrogen and oxygen atoms in total. The van der Waals surface area contributed by atoms with Gasteiger partial charge >= 0.3 is 0 Å². The molecule has 2 aromatic rings. The molecule has 1 fully saturated rings. The number of nitrogens with one attached hydrogen (secondary N) is 2. The average molecular weight is 430 g/mol. The zero-order chi connectivity index (χ0) is 21.6. The van der Waals surface area contributed by atoms with E-state index in [0.717, 1.165) is 18.5 Å². The van der Waals surface area contributed by atoms with Crippen molar-refractivity contribution in [1.29, 1.82) is 0 Å². The summed E-state index contributed by atoms with van der Waals surface area (Å²) in [6.07, 6.45) is 7.63. The van der Waals surface area contributed by atoms with Crippen LogP contribution in [0.2, 0.25) is 0 Å². The summed E-state index contributed by atoms with van der Waals surface area (Å²) in [6.45, 7) is 0.987.